The highest BCUT2D eigenvalue weighted by Crippen LogP contribution is 2.22. The molecular weight excluding hydrogens is 372 g/mol. The largest absolute Gasteiger partial charge is 0.350 e. The molecule has 1 amide bonds. The van der Waals surface area contributed by atoms with Gasteiger partial charge in [0.25, 0.3) is 0 Å². The van der Waals surface area contributed by atoms with E-state index in [9.17, 15) is 13.2 Å². The van der Waals surface area contributed by atoms with Crippen molar-refractivity contribution in [2.24, 2.45) is 0 Å². The second kappa shape index (κ2) is 9.05. The molecule has 0 unspecified atom stereocenters. The van der Waals surface area contributed by atoms with Gasteiger partial charge < -0.3 is 5.32 Å². The van der Waals surface area contributed by atoms with Crippen LogP contribution in [-0.4, -0.2) is 27.1 Å². The average molecular weight is 395 g/mol. The van der Waals surface area contributed by atoms with Crippen LogP contribution >= 0.6 is 11.6 Å². The van der Waals surface area contributed by atoms with Crippen LogP contribution < -0.4 is 9.62 Å². The second-order valence-corrected chi connectivity index (χ2v) is 8.46. The van der Waals surface area contributed by atoms with Gasteiger partial charge in [-0.25, -0.2) is 8.42 Å². The van der Waals surface area contributed by atoms with Crippen LogP contribution in [0.3, 0.4) is 0 Å². The summed E-state index contributed by atoms with van der Waals surface area (Å²) in [6.45, 7) is 2.13. The molecule has 2 rings (SSSR count). The molecule has 1 N–H and O–H groups in total. The van der Waals surface area contributed by atoms with Crippen LogP contribution in [0.25, 0.3) is 0 Å². The van der Waals surface area contributed by atoms with Gasteiger partial charge in [-0.2, -0.15) is 0 Å². The van der Waals surface area contributed by atoms with Gasteiger partial charge >= 0.3 is 0 Å². The van der Waals surface area contributed by atoms with Crippen molar-refractivity contribution in [3.05, 3.63) is 65.2 Å². The molecular formula is C19H23ClN2O3S. The predicted molar refractivity (Wildman–Crippen MR) is 106 cm³/mol. The van der Waals surface area contributed by atoms with Gasteiger partial charge in [-0.15, -0.1) is 0 Å². The molecule has 0 aromatic heterocycles. The van der Waals surface area contributed by atoms with Crippen molar-refractivity contribution in [2.75, 3.05) is 17.1 Å². The van der Waals surface area contributed by atoms with E-state index < -0.39 is 10.0 Å². The molecule has 0 spiro atoms. The number of rotatable bonds is 8. The first-order chi connectivity index (χ1) is 12.3. The number of carbonyl (C=O) groups excluding carboxylic acids is 1. The Morgan fingerprint density at radius 3 is 2.46 bits per heavy atom. The Bertz CT molecular complexity index is 841. The molecule has 0 saturated carbocycles. The number of carbonyl (C=O) groups is 1. The van der Waals surface area contributed by atoms with E-state index >= 15 is 0 Å². The van der Waals surface area contributed by atoms with Crippen LogP contribution in [0.15, 0.2) is 54.6 Å². The summed E-state index contributed by atoms with van der Waals surface area (Å²) in [7, 11) is -3.46. The van der Waals surface area contributed by atoms with Crippen LogP contribution in [0.4, 0.5) is 5.69 Å². The van der Waals surface area contributed by atoms with Gasteiger partial charge in [-0.05, 0) is 37.1 Å². The second-order valence-electron chi connectivity index (χ2n) is 6.12. The minimum atomic E-state index is -3.46. The molecule has 0 aliphatic heterocycles. The Hall–Kier alpha value is -2.05. The predicted octanol–water partition coefficient (Wildman–Crippen LogP) is 3.76. The molecule has 7 heteroatoms. The first-order valence-electron chi connectivity index (χ1n) is 8.35. The fraction of sp³-hybridized carbons (Fsp3) is 0.316. The summed E-state index contributed by atoms with van der Waals surface area (Å²) in [6.07, 6.45) is 1.79. The zero-order valence-electron chi connectivity index (χ0n) is 14.9. The minimum absolute atomic E-state index is 0.0948. The standard InChI is InChI=1S/C19H23ClN2O3S/c1-15(16-8-4-3-5-9-16)21-19(23)12-7-13-22(26(2,24)25)18-11-6-10-17(20)14-18/h3-6,8-11,14-15H,7,12-13H2,1-2H3,(H,21,23)/t15-/m1/s1. The number of anilines is 1. The Morgan fingerprint density at radius 2 is 1.85 bits per heavy atom. The summed E-state index contributed by atoms with van der Waals surface area (Å²) in [6, 6.07) is 16.2. The number of benzene rings is 2. The zero-order chi connectivity index (χ0) is 19.2. The van der Waals surface area contributed by atoms with Gasteiger partial charge in [-0.3, -0.25) is 9.10 Å². The smallest absolute Gasteiger partial charge is 0.232 e. The van der Waals surface area contributed by atoms with E-state index in [1.165, 1.54) is 4.31 Å². The molecule has 26 heavy (non-hydrogen) atoms. The number of nitrogens with zero attached hydrogens (tertiary/aromatic N) is 1. The lowest BCUT2D eigenvalue weighted by molar-refractivity contribution is -0.121. The van der Waals surface area contributed by atoms with E-state index in [0.29, 0.717) is 17.1 Å². The monoisotopic (exact) mass is 394 g/mol. The van der Waals surface area contributed by atoms with Gasteiger partial charge in [0, 0.05) is 18.0 Å². The van der Waals surface area contributed by atoms with Crippen molar-refractivity contribution in [1.82, 2.24) is 5.32 Å². The molecule has 0 bridgehead atoms. The van der Waals surface area contributed by atoms with Crippen LogP contribution in [0, 0.1) is 0 Å². The number of halogens is 1. The van der Waals surface area contributed by atoms with E-state index in [2.05, 4.69) is 5.32 Å². The lowest BCUT2D eigenvalue weighted by Crippen LogP contribution is -2.32. The topological polar surface area (TPSA) is 66.5 Å². The van der Waals surface area contributed by atoms with Crippen molar-refractivity contribution >= 4 is 33.2 Å². The summed E-state index contributed by atoms with van der Waals surface area (Å²) in [5.74, 6) is -0.110. The van der Waals surface area contributed by atoms with Gasteiger partial charge in [0.15, 0.2) is 0 Å². The Labute approximate surface area is 160 Å². The molecule has 5 nitrogen and oxygen atoms in total. The van der Waals surface area contributed by atoms with E-state index in [-0.39, 0.29) is 24.9 Å². The van der Waals surface area contributed by atoms with E-state index in [1.54, 1.807) is 24.3 Å². The SMILES string of the molecule is C[C@@H](NC(=O)CCCN(c1cccc(Cl)c1)S(C)(=O)=O)c1ccccc1. The van der Waals surface area contributed by atoms with Crippen LogP contribution in [0.5, 0.6) is 0 Å². The fourth-order valence-electron chi connectivity index (χ4n) is 2.64. The summed E-state index contributed by atoms with van der Waals surface area (Å²) in [4.78, 5) is 12.1. The maximum Gasteiger partial charge on any atom is 0.232 e. The molecule has 0 aliphatic rings. The third kappa shape index (κ3) is 6.04. The Morgan fingerprint density at radius 1 is 1.15 bits per heavy atom. The first-order valence-corrected chi connectivity index (χ1v) is 10.6. The summed E-state index contributed by atoms with van der Waals surface area (Å²) >= 11 is 5.95. The lowest BCUT2D eigenvalue weighted by atomic mass is 10.1. The molecule has 140 valence electrons. The van der Waals surface area contributed by atoms with Gasteiger partial charge in [0.2, 0.25) is 15.9 Å². The van der Waals surface area contributed by atoms with Crippen molar-refractivity contribution in [2.45, 2.75) is 25.8 Å². The first kappa shape index (κ1) is 20.3. The highest BCUT2D eigenvalue weighted by molar-refractivity contribution is 7.92. The maximum atomic E-state index is 12.1. The van der Waals surface area contributed by atoms with E-state index in [0.717, 1.165) is 11.8 Å². The molecule has 0 saturated heterocycles. The fourth-order valence-corrected chi connectivity index (χ4v) is 3.78. The summed E-state index contributed by atoms with van der Waals surface area (Å²) in [5, 5.41) is 3.39. The van der Waals surface area contributed by atoms with E-state index in [4.69, 9.17) is 11.6 Å². The minimum Gasteiger partial charge on any atom is -0.350 e. The Kier molecular flexibility index (Phi) is 7.06. The maximum absolute atomic E-state index is 12.1. The van der Waals surface area contributed by atoms with Gasteiger partial charge in [0.1, 0.15) is 0 Å². The van der Waals surface area contributed by atoms with Crippen LogP contribution in [0.1, 0.15) is 31.4 Å². The van der Waals surface area contributed by atoms with E-state index in [1.807, 2.05) is 37.3 Å². The molecule has 0 fully saturated rings. The quantitative estimate of drug-likeness (QED) is 0.741. The average Bonchev–Trinajstić information content (AvgIpc) is 2.58. The molecule has 0 aliphatic carbocycles. The van der Waals surface area contributed by atoms with Crippen LogP contribution in [0.2, 0.25) is 5.02 Å². The number of amides is 1. The number of hydrogen-bond acceptors (Lipinski definition) is 3. The zero-order valence-corrected chi connectivity index (χ0v) is 16.4. The van der Waals surface area contributed by atoms with Gasteiger partial charge in [0.05, 0.1) is 18.0 Å². The van der Waals surface area contributed by atoms with Crippen molar-refractivity contribution in [3.63, 3.8) is 0 Å². The number of nitrogens with one attached hydrogen (secondary N) is 1. The lowest BCUT2D eigenvalue weighted by Gasteiger charge is -2.22. The third-order valence-corrected chi connectivity index (χ3v) is 5.37. The highest BCUT2D eigenvalue weighted by atomic mass is 35.5. The molecule has 0 heterocycles. The number of hydrogen-bond donors (Lipinski definition) is 1. The van der Waals surface area contributed by atoms with Crippen LogP contribution in [-0.2, 0) is 14.8 Å². The van der Waals surface area contributed by atoms with Gasteiger partial charge in [-0.1, -0.05) is 48.0 Å². The van der Waals surface area contributed by atoms with Crippen molar-refractivity contribution < 1.29 is 13.2 Å². The molecule has 2 aromatic carbocycles. The number of sulfonamides is 1. The Balaban J connectivity index is 1.92. The third-order valence-electron chi connectivity index (χ3n) is 3.94. The molecule has 1 atom stereocenters. The normalized spacial score (nSPS) is 12.4. The highest BCUT2D eigenvalue weighted by Gasteiger charge is 2.18. The van der Waals surface area contributed by atoms with Crippen molar-refractivity contribution in [3.8, 4) is 0 Å². The molecule has 0 radical (unpaired) electrons. The summed E-state index contributed by atoms with van der Waals surface area (Å²) < 4.78 is 25.4. The molecule has 2 aromatic rings. The summed E-state index contributed by atoms with van der Waals surface area (Å²) in [5.41, 5.74) is 1.52. The van der Waals surface area contributed by atoms with Crippen molar-refractivity contribution in [1.29, 1.82) is 0 Å².